The molecule has 0 spiro atoms. The quantitative estimate of drug-likeness (QED) is 0.250. The van der Waals surface area contributed by atoms with Crippen molar-refractivity contribution >= 4 is 35.1 Å². The van der Waals surface area contributed by atoms with E-state index >= 15 is 0 Å². The van der Waals surface area contributed by atoms with E-state index in [2.05, 4.69) is 48.8 Å². The Morgan fingerprint density at radius 3 is 2.55 bits per heavy atom. The average molecular weight is 564 g/mol. The number of nitriles is 1. The standard InChI is InChI=1S/C31H33N9O2/c1-21(40(4)28(41)9-6-18-39(2)3)30(42)37-27-8-5-7-24(34-27)15-12-23-20-33-31(38-29(23)35-25-16-17-25)36-26-13-10-22(19-32)11-14-26/h5-11,13-14,20-21,25H,16-18H2,1-4H3,(H,34,37,42)(H2,33,35,36,38)/t21-/m0/s1. The Labute approximate surface area is 245 Å². The number of carbonyl (C=O) groups excluding carboxylic acids is 2. The number of nitrogens with zero attached hydrogens (tertiary/aromatic N) is 6. The zero-order valence-electron chi connectivity index (χ0n) is 24.0. The Balaban J connectivity index is 1.44. The molecule has 2 heterocycles. The Hall–Kier alpha value is -5.26. The van der Waals surface area contributed by atoms with E-state index in [0.29, 0.717) is 47.0 Å². The van der Waals surface area contributed by atoms with E-state index in [1.165, 1.54) is 11.0 Å². The Kier molecular flexibility index (Phi) is 9.82. The van der Waals surface area contributed by atoms with Crippen molar-refractivity contribution in [2.75, 3.05) is 43.6 Å². The molecule has 3 N–H and O–H groups in total. The van der Waals surface area contributed by atoms with Crippen molar-refractivity contribution in [1.29, 1.82) is 5.26 Å². The topological polar surface area (TPSA) is 139 Å². The minimum absolute atomic E-state index is 0.261. The van der Waals surface area contributed by atoms with Crippen LogP contribution in [-0.4, -0.2) is 76.3 Å². The lowest BCUT2D eigenvalue weighted by Crippen LogP contribution is -2.42. The molecular weight excluding hydrogens is 530 g/mol. The summed E-state index contributed by atoms with van der Waals surface area (Å²) in [5.41, 5.74) is 2.40. The number of amides is 2. The largest absolute Gasteiger partial charge is 0.366 e. The summed E-state index contributed by atoms with van der Waals surface area (Å²) in [4.78, 5) is 42.0. The second-order valence-electron chi connectivity index (χ2n) is 10.1. The minimum atomic E-state index is -0.706. The molecule has 4 rings (SSSR count). The number of rotatable bonds is 10. The van der Waals surface area contributed by atoms with Gasteiger partial charge in [-0.1, -0.05) is 18.1 Å². The van der Waals surface area contributed by atoms with Crippen molar-refractivity contribution in [2.24, 2.45) is 0 Å². The number of hydrogen-bond acceptors (Lipinski definition) is 9. The first-order chi connectivity index (χ1) is 20.2. The van der Waals surface area contributed by atoms with Crippen LogP contribution in [0.5, 0.6) is 0 Å². The maximum absolute atomic E-state index is 12.8. The van der Waals surface area contributed by atoms with E-state index in [1.54, 1.807) is 68.7 Å². The van der Waals surface area contributed by atoms with Crippen LogP contribution in [0.3, 0.4) is 0 Å². The summed E-state index contributed by atoms with van der Waals surface area (Å²) < 4.78 is 0. The van der Waals surface area contributed by atoms with Gasteiger partial charge in [-0.05, 0) is 76.2 Å². The second-order valence-corrected chi connectivity index (χ2v) is 10.1. The molecule has 0 aliphatic heterocycles. The van der Waals surface area contributed by atoms with Crippen molar-refractivity contribution < 1.29 is 9.59 Å². The van der Waals surface area contributed by atoms with Gasteiger partial charge in [-0.25, -0.2) is 9.97 Å². The predicted molar refractivity (Wildman–Crippen MR) is 162 cm³/mol. The number of anilines is 4. The van der Waals surface area contributed by atoms with Crippen LogP contribution in [0.1, 0.15) is 36.6 Å². The fourth-order valence-electron chi connectivity index (χ4n) is 3.61. The van der Waals surface area contributed by atoms with Gasteiger partial charge in [0.25, 0.3) is 0 Å². The molecule has 2 amide bonds. The highest BCUT2D eigenvalue weighted by Crippen LogP contribution is 2.26. The van der Waals surface area contributed by atoms with Crippen LogP contribution in [0.15, 0.2) is 60.8 Å². The molecule has 0 saturated heterocycles. The fourth-order valence-corrected chi connectivity index (χ4v) is 3.61. The molecular formula is C31H33N9O2. The smallest absolute Gasteiger partial charge is 0.248 e. The zero-order chi connectivity index (χ0) is 30.1. The number of carbonyl (C=O) groups is 2. The van der Waals surface area contributed by atoms with E-state index < -0.39 is 6.04 Å². The van der Waals surface area contributed by atoms with Crippen LogP contribution in [0.4, 0.5) is 23.3 Å². The molecule has 1 aliphatic rings. The summed E-state index contributed by atoms with van der Waals surface area (Å²) in [7, 11) is 5.40. The lowest BCUT2D eigenvalue weighted by Gasteiger charge is -2.22. The summed E-state index contributed by atoms with van der Waals surface area (Å²) in [5, 5.41) is 18.3. The van der Waals surface area contributed by atoms with Crippen LogP contribution in [0, 0.1) is 23.2 Å². The number of aromatic nitrogens is 3. The number of pyridine rings is 1. The molecule has 0 unspecified atom stereocenters. The van der Waals surface area contributed by atoms with Gasteiger partial charge in [-0.15, -0.1) is 0 Å². The summed E-state index contributed by atoms with van der Waals surface area (Å²) in [6.07, 6.45) is 6.98. The molecule has 0 radical (unpaired) electrons. The fraction of sp³-hybridized carbons (Fsp3) is 0.290. The number of likely N-dealkylation sites (N-methyl/N-ethyl adjacent to an activating group) is 2. The third-order valence-electron chi connectivity index (χ3n) is 6.34. The van der Waals surface area contributed by atoms with E-state index in [0.717, 1.165) is 18.5 Å². The SMILES string of the molecule is C[C@@H](C(=O)Nc1cccc(C#Cc2cnc(Nc3ccc(C#N)cc3)nc2NC2CC2)n1)N(C)C(=O)C=CCN(C)C. The summed E-state index contributed by atoms with van der Waals surface area (Å²) in [6.45, 7) is 2.28. The van der Waals surface area contributed by atoms with Crippen LogP contribution < -0.4 is 16.0 Å². The Bertz CT molecular complexity index is 1560. The van der Waals surface area contributed by atoms with Crippen LogP contribution >= 0.6 is 0 Å². The first-order valence-electron chi connectivity index (χ1n) is 13.5. The molecule has 1 aliphatic carbocycles. The number of nitrogens with one attached hydrogen (secondary N) is 3. The van der Waals surface area contributed by atoms with Gasteiger partial charge in [-0.2, -0.15) is 10.2 Å². The van der Waals surface area contributed by atoms with Crippen molar-refractivity contribution in [3.8, 4) is 17.9 Å². The van der Waals surface area contributed by atoms with E-state index in [1.807, 2.05) is 19.0 Å². The molecule has 0 bridgehead atoms. The molecule has 1 atom stereocenters. The predicted octanol–water partition coefficient (Wildman–Crippen LogP) is 3.36. The van der Waals surface area contributed by atoms with Crippen LogP contribution in [-0.2, 0) is 9.59 Å². The Morgan fingerprint density at radius 2 is 1.86 bits per heavy atom. The van der Waals surface area contributed by atoms with Gasteiger partial charge < -0.3 is 25.8 Å². The highest BCUT2D eigenvalue weighted by atomic mass is 16.2. The normalized spacial score (nSPS) is 13.0. The second kappa shape index (κ2) is 13.9. The van der Waals surface area contributed by atoms with E-state index in [4.69, 9.17) is 5.26 Å². The summed E-state index contributed by atoms with van der Waals surface area (Å²) in [5.74, 6) is 6.85. The maximum atomic E-state index is 12.8. The van der Waals surface area contributed by atoms with Gasteiger partial charge in [0.2, 0.25) is 17.8 Å². The maximum Gasteiger partial charge on any atom is 0.248 e. The zero-order valence-corrected chi connectivity index (χ0v) is 24.0. The third kappa shape index (κ3) is 8.62. The molecule has 3 aromatic rings. The average Bonchev–Trinajstić information content (AvgIpc) is 3.80. The van der Waals surface area contributed by atoms with Crippen molar-refractivity contribution in [1.82, 2.24) is 24.8 Å². The molecule has 1 fully saturated rings. The number of hydrogen-bond donors (Lipinski definition) is 3. The number of benzene rings is 1. The molecule has 2 aromatic heterocycles. The first-order valence-corrected chi connectivity index (χ1v) is 13.5. The third-order valence-corrected chi connectivity index (χ3v) is 6.34. The van der Waals surface area contributed by atoms with Crippen molar-refractivity contribution in [3.63, 3.8) is 0 Å². The van der Waals surface area contributed by atoms with Crippen molar-refractivity contribution in [2.45, 2.75) is 31.8 Å². The van der Waals surface area contributed by atoms with Crippen molar-refractivity contribution in [3.05, 3.63) is 77.6 Å². The lowest BCUT2D eigenvalue weighted by molar-refractivity contribution is -0.132. The van der Waals surface area contributed by atoms with Gasteiger partial charge in [0, 0.05) is 31.4 Å². The highest BCUT2D eigenvalue weighted by Gasteiger charge is 2.23. The van der Waals surface area contributed by atoms with E-state index in [9.17, 15) is 9.59 Å². The summed E-state index contributed by atoms with van der Waals surface area (Å²) >= 11 is 0. The van der Waals surface area contributed by atoms with E-state index in [-0.39, 0.29) is 11.8 Å². The molecule has 1 saturated carbocycles. The summed E-state index contributed by atoms with van der Waals surface area (Å²) in [6, 6.07) is 13.9. The molecule has 42 heavy (non-hydrogen) atoms. The van der Waals surface area contributed by atoms with Gasteiger partial charge >= 0.3 is 0 Å². The van der Waals surface area contributed by atoms with Gasteiger partial charge in [-0.3, -0.25) is 9.59 Å². The van der Waals surface area contributed by atoms with Gasteiger partial charge in [0.15, 0.2) is 0 Å². The van der Waals surface area contributed by atoms with Crippen LogP contribution in [0.2, 0.25) is 0 Å². The highest BCUT2D eigenvalue weighted by molar-refractivity contribution is 5.98. The van der Waals surface area contributed by atoms with Gasteiger partial charge in [0.1, 0.15) is 23.4 Å². The molecule has 11 nitrogen and oxygen atoms in total. The monoisotopic (exact) mass is 563 g/mol. The molecule has 214 valence electrons. The molecule has 1 aromatic carbocycles. The van der Waals surface area contributed by atoms with Crippen LogP contribution in [0.25, 0.3) is 0 Å². The van der Waals surface area contributed by atoms with Gasteiger partial charge in [0.05, 0.1) is 23.4 Å². The first kappa shape index (κ1) is 29.7. The molecule has 11 heteroatoms. The Morgan fingerprint density at radius 1 is 1.10 bits per heavy atom. The lowest BCUT2D eigenvalue weighted by atomic mass is 10.2. The minimum Gasteiger partial charge on any atom is -0.366 e.